The van der Waals surface area contributed by atoms with Crippen LogP contribution in [0.5, 0.6) is 0 Å². The molecule has 2 N–H and O–H groups in total. The van der Waals surface area contributed by atoms with Crippen molar-refractivity contribution in [1.29, 1.82) is 0 Å². The summed E-state index contributed by atoms with van der Waals surface area (Å²) < 4.78 is 2.38. The van der Waals surface area contributed by atoms with Gasteiger partial charge in [0, 0.05) is 18.5 Å². The van der Waals surface area contributed by atoms with Gasteiger partial charge in [-0.1, -0.05) is 19.9 Å². The van der Waals surface area contributed by atoms with Crippen LogP contribution in [0.25, 0.3) is 11.0 Å². The average Bonchev–Trinajstić information content (AvgIpc) is 2.73. The number of nitrogens with two attached hydrogens (primary N) is 1. The van der Waals surface area contributed by atoms with Gasteiger partial charge in [0.05, 0.1) is 11.0 Å². The summed E-state index contributed by atoms with van der Waals surface area (Å²) in [7, 11) is 0. The van der Waals surface area contributed by atoms with Gasteiger partial charge in [-0.3, -0.25) is 0 Å². The van der Waals surface area contributed by atoms with Gasteiger partial charge in [-0.05, 0) is 50.8 Å². The summed E-state index contributed by atoms with van der Waals surface area (Å²) in [6, 6.07) is 6.39. The van der Waals surface area contributed by atoms with Crippen LogP contribution in [0.1, 0.15) is 52.4 Å². The number of nitrogens with zero attached hydrogens (tertiary/aromatic N) is 2. The highest BCUT2D eigenvalue weighted by Gasteiger charge is 2.21. The molecule has 3 heteroatoms. The molecule has 0 amide bonds. The van der Waals surface area contributed by atoms with Crippen molar-refractivity contribution in [3.05, 3.63) is 29.6 Å². The normalized spacial score (nSPS) is 12.6. The maximum atomic E-state index is 5.74. The molecule has 0 aliphatic rings. The molecule has 0 spiro atoms. The van der Waals surface area contributed by atoms with Gasteiger partial charge >= 0.3 is 0 Å². The molecule has 0 atom stereocenters. The van der Waals surface area contributed by atoms with E-state index in [0.29, 0.717) is 12.5 Å². The summed E-state index contributed by atoms with van der Waals surface area (Å²) in [6.45, 7) is 11.8. The molecule has 110 valence electrons. The highest BCUT2D eigenvalue weighted by Crippen LogP contribution is 2.27. The van der Waals surface area contributed by atoms with Crippen molar-refractivity contribution in [3.63, 3.8) is 0 Å². The molecule has 2 aromatic rings. The molecule has 0 saturated heterocycles. The van der Waals surface area contributed by atoms with Crippen LogP contribution >= 0.6 is 0 Å². The molecule has 0 saturated carbocycles. The minimum absolute atomic E-state index is 0.0469. The Balaban J connectivity index is 2.54. The maximum absolute atomic E-state index is 5.74. The maximum Gasteiger partial charge on any atom is 0.110 e. The summed E-state index contributed by atoms with van der Waals surface area (Å²) in [4.78, 5) is 4.87. The topological polar surface area (TPSA) is 43.8 Å². The third-order valence-electron chi connectivity index (χ3n) is 3.64. The van der Waals surface area contributed by atoms with Gasteiger partial charge in [-0.25, -0.2) is 4.98 Å². The lowest BCUT2D eigenvalue weighted by Crippen LogP contribution is -2.24. The fourth-order valence-corrected chi connectivity index (χ4v) is 2.64. The van der Waals surface area contributed by atoms with Crippen molar-refractivity contribution in [1.82, 2.24) is 9.55 Å². The number of benzene rings is 1. The first-order valence-electron chi connectivity index (χ1n) is 7.53. The van der Waals surface area contributed by atoms with Crippen LogP contribution in [0.15, 0.2) is 18.2 Å². The molecule has 1 heterocycles. The van der Waals surface area contributed by atoms with Crippen molar-refractivity contribution < 1.29 is 0 Å². The van der Waals surface area contributed by atoms with E-state index in [0.717, 1.165) is 17.5 Å². The number of aromatic nitrogens is 2. The minimum Gasteiger partial charge on any atom is -0.326 e. The van der Waals surface area contributed by atoms with Crippen molar-refractivity contribution in [2.24, 2.45) is 11.7 Å². The molecule has 0 radical (unpaired) electrons. The molecule has 0 unspecified atom stereocenters. The number of rotatable bonds is 4. The summed E-state index contributed by atoms with van der Waals surface area (Å²) >= 11 is 0. The van der Waals surface area contributed by atoms with E-state index in [1.807, 2.05) is 0 Å². The van der Waals surface area contributed by atoms with Gasteiger partial charge < -0.3 is 10.3 Å². The third kappa shape index (κ3) is 3.04. The van der Waals surface area contributed by atoms with Gasteiger partial charge in [0.1, 0.15) is 5.82 Å². The Morgan fingerprint density at radius 3 is 2.50 bits per heavy atom. The van der Waals surface area contributed by atoms with Crippen molar-refractivity contribution in [3.8, 4) is 0 Å². The summed E-state index contributed by atoms with van der Waals surface area (Å²) in [5.41, 5.74) is 9.21. The second-order valence-electron chi connectivity index (χ2n) is 6.99. The standard InChI is InChI=1S/C17H27N3/c1-12(2)6-9-16-19-14-10-13(11-18)7-8-15(14)20(16)17(3,4)5/h7-8,10,12H,6,9,11,18H2,1-5H3. The van der Waals surface area contributed by atoms with Crippen LogP contribution < -0.4 is 5.73 Å². The van der Waals surface area contributed by atoms with E-state index in [1.165, 1.54) is 17.8 Å². The highest BCUT2D eigenvalue weighted by molar-refractivity contribution is 5.77. The molecule has 3 nitrogen and oxygen atoms in total. The smallest absolute Gasteiger partial charge is 0.110 e. The first-order valence-corrected chi connectivity index (χ1v) is 7.53. The Morgan fingerprint density at radius 1 is 1.25 bits per heavy atom. The van der Waals surface area contributed by atoms with E-state index in [2.05, 4.69) is 57.4 Å². The highest BCUT2D eigenvalue weighted by atomic mass is 15.1. The van der Waals surface area contributed by atoms with Crippen LogP contribution in [-0.4, -0.2) is 9.55 Å². The van der Waals surface area contributed by atoms with E-state index in [4.69, 9.17) is 10.7 Å². The quantitative estimate of drug-likeness (QED) is 0.919. The monoisotopic (exact) mass is 273 g/mol. The lowest BCUT2D eigenvalue weighted by atomic mass is 10.1. The molecule has 0 aliphatic heterocycles. The lowest BCUT2D eigenvalue weighted by Gasteiger charge is -2.25. The van der Waals surface area contributed by atoms with Crippen LogP contribution in [-0.2, 0) is 18.5 Å². The van der Waals surface area contributed by atoms with Crippen LogP contribution in [0.3, 0.4) is 0 Å². The summed E-state index contributed by atoms with van der Waals surface area (Å²) in [5, 5.41) is 0. The number of fused-ring (bicyclic) bond motifs is 1. The molecular weight excluding hydrogens is 246 g/mol. The van der Waals surface area contributed by atoms with Gasteiger partial charge in [0.25, 0.3) is 0 Å². The number of hydrogen-bond donors (Lipinski definition) is 1. The zero-order chi connectivity index (χ0) is 14.9. The second-order valence-corrected chi connectivity index (χ2v) is 6.99. The second kappa shape index (κ2) is 5.57. The molecule has 20 heavy (non-hydrogen) atoms. The number of imidazole rings is 1. The number of aryl methyl sites for hydroxylation is 1. The molecule has 0 bridgehead atoms. The van der Waals surface area contributed by atoms with Crippen LogP contribution in [0, 0.1) is 5.92 Å². The Labute approximate surface area is 122 Å². The number of hydrogen-bond acceptors (Lipinski definition) is 2. The van der Waals surface area contributed by atoms with Crippen molar-refractivity contribution in [2.75, 3.05) is 0 Å². The molecule has 0 fully saturated rings. The molecule has 1 aromatic carbocycles. The van der Waals surface area contributed by atoms with Crippen LogP contribution in [0.2, 0.25) is 0 Å². The van der Waals surface area contributed by atoms with Gasteiger partial charge in [0.2, 0.25) is 0 Å². The van der Waals surface area contributed by atoms with Crippen molar-refractivity contribution >= 4 is 11.0 Å². The van der Waals surface area contributed by atoms with E-state index in [9.17, 15) is 0 Å². The Morgan fingerprint density at radius 2 is 1.95 bits per heavy atom. The lowest BCUT2D eigenvalue weighted by molar-refractivity contribution is 0.389. The zero-order valence-corrected chi connectivity index (χ0v) is 13.4. The summed E-state index contributed by atoms with van der Waals surface area (Å²) in [5.74, 6) is 1.89. The first kappa shape index (κ1) is 15.0. The van der Waals surface area contributed by atoms with E-state index in [-0.39, 0.29) is 5.54 Å². The molecule has 1 aromatic heterocycles. The van der Waals surface area contributed by atoms with Gasteiger partial charge in [-0.15, -0.1) is 0 Å². The SMILES string of the molecule is CC(C)CCc1nc2cc(CN)ccc2n1C(C)(C)C. The van der Waals surface area contributed by atoms with Crippen LogP contribution in [0.4, 0.5) is 0 Å². The average molecular weight is 273 g/mol. The van der Waals surface area contributed by atoms with E-state index >= 15 is 0 Å². The molecule has 0 aliphatic carbocycles. The van der Waals surface area contributed by atoms with Gasteiger partial charge in [-0.2, -0.15) is 0 Å². The fraction of sp³-hybridized carbons (Fsp3) is 0.588. The molecular formula is C17H27N3. The fourth-order valence-electron chi connectivity index (χ4n) is 2.64. The Kier molecular flexibility index (Phi) is 4.19. The summed E-state index contributed by atoms with van der Waals surface area (Å²) in [6.07, 6.45) is 2.20. The predicted octanol–water partition coefficient (Wildman–Crippen LogP) is 3.84. The molecule has 2 rings (SSSR count). The minimum atomic E-state index is 0.0469. The van der Waals surface area contributed by atoms with E-state index in [1.54, 1.807) is 0 Å². The van der Waals surface area contributed by atoms with Gasteiger partial charge in [0.15, 0.2) is 0 Å². The first-order chi connectivity index (χ1) is 9.32. The Bertz CT molecular complexity index is 588. The van der Waals surface area contributed by atoms with Crippen molar-refractivity contribution in [2.45, 2.75) is 59.5 Å². The predicted molar refractivity (Wildman–Crippen MR) is 85.8 cm³/mol. The third-order valence-corrected chi connectivity index (χ3v) is 3.64. The largest absolute Gasteiger partial charge is 0.326 e. The zero-order valence-electron chi connectivity index (χ0n) is 13.4. The Hall–Kier alpha value is -1.35. The van der Waals surface area contributed by atoms with E-state index < -0.39 is 0 Å².